The first-order valence-corrected chi connectivity index (χ1v) is 28.0. The van der Waals surface area contributed by atoms with Crippen LogP contribution in [0.15, 0.2) is 158 Å². The van der Waals surface area contributed by atoms with Crippen LogP contribution in [0.3, 0.4) is 0 Å². The van der Waals surface area contributed by atoms with Gasteiger partial charge in [-0.1, -0.05) is 249 Å². The minimum atomic E-state index is -0.816. The first-order chi connectivity index (χ1) is 34.6. The molecule has 0 aromatic heterocycles. The van der Waals surface area contributed by atoms with Crippen molar-refractivity contribution in [3.8, 4) is 0 Å². The largest absolute Gasteiger partial charge is 0.462 e. The SMILES string of the molecule is CC/C=C\C/C=C\C/C=C\C/C=C\C/C=C\C/C=C\C/C=C\C/C=C\C/C=C\CCCC(=O)OC(CO)COC(=O)CCCCCCCCCCCCCCCC/C=C\C/C=C\C/C=C\C/C=C\CC. The lowest BCUT2D eigenvalue weighted by atomic mass is 10.0. The molecule has 0 fully saturated rings. The molecule has 0 aromatic rings. The van der Waals surface area contributed by atoms with Crippen molar-refractivity contribution in [1.29, 1.82) is 0 Å². The number of aliphatic hydroxyl groups excluding tert-OH is 1. The van der Waals surface area contributed by atoms with Gasteiger partial charge in [-0.2, -0.15) is 0 Å². The summed E-state index contributed by atoms with van der Waals surface area (Å²) in [6, 6.07) is 0. The van der Waals surface area contributed by atoms with Crippen molar-refractivity contribution in [2.45, 2.75) is 225 Å². The van der Waals surface area contributed by atoms with Crippen molar-refractivity contribution in [2.75, 3.05) is 13.2 Å². The van der Waals surface area contributed by atoms with Gasteiger partial charge in [0.15, 0.2) is 6.10 Å². The molecule has 1 atom stereocenters. The molecule has 5 nitrogen and oxygen atoms in total. The molecule has 1 unspecified atom stereocenters. The molecule has 0 aliphatic rings. The van der Waals surface area contributed by atoms with Crippen LogP contribution in [-0.2, 0) is 19.1 Å². The molecule has 0 radical (unpaired) electrons. The summed E-state index contributed by atoms with van der Waals surface area (Å²) in [4.78, 5) is 24.5. The number of hydrogen-bond acceptors (Lipinski definition) is 5. The highest BCUT2D eigenvalue weighted by molar-refractivity contribution is 5.70. The monoisotopic (exact) mass is 963 g/mol. The van der Waals surface area contributed by atoms with Crippen LogP contribution in [0.4, 0.5) is 0 Å². The maximum Gasteiger partial charge on any atom is 0.306 e. The third-order valence-electron chi connectivity index (χ3n) is 11.3. The molecular formula is C65H102O5. The van der Waals surface area contributed by atoms with Crippen molar-refractivity contribution in [2.24, 2.45) is 0 Å². The van der Waals surface area contributed by atoms with Gasteiger partial charge in [-0.15, -0.1) is 0 Å². The summed E-state index contributed by atoms with van der Waals surface area (Å²) in [5.41, 5.74) is 0. The highest BCUT2D eigenvalue weighted by Gasteiger charge is 2.16. The van der Waals surface area contributed by atoms with E-state index < -0.39 is 6.10 Å². The standard InChI is InChI=1S/C65H102O5/c1-3-5-7-9-11-13-15-17-19-21-23-25-27-29-31-32-34-36-38-40-42-44-46-48-50-52-54-56-58-60-65(68)70-63(61-66)62-69-64(67)59-57-55-53-51-49-47-45-43-41-39-37-35-33-30-28-26-24-22-20-18-16-14-12-10-8-6-4-2/h5-8,11-14,17-20,23-26,29,31,34,36,40,42,46,48,52,54,63,66H,3-4,9-10,15-16,21-22,27-28,30,32-33,35,37-39,41,43-45,47,49-51,53,55-62H2,1-2H3/b7-5-,8-6-,13-11-,14-12-,19-17-,20-18-,25-23-,26-24-,31-29-,36-34-,42-40-,48-46-,54-52-. The molecule has 0 saturated heterocycles. The van der Waals surface area contributed by atoms with E-state index in [0.717, 1.165) is 109 Å². The maximum atomic E-state index is 12.3. The van der Waals surface area contributed by atoms with E-state index in [1.54, 1.807) is 0 Å². The molecule has 5 heteroatoms. The summed E-state index contributed by atoms with van der Waals surface area (Å²) in [5, 5.41) is 9.65. The van der Waals surface area contributed by atoms with E-state index in [9.17, 15) is 14.7 Å². The van der Waals surface area contributed by atoms with Crippen LogP contribution in [-0.4, -0.2) is 36.4 Å². The van der Waals surface area contributed by atoms with E-state index in [4.69, 9.17) is 9.47 Å². The van der Waals surface area contributed by atoms with E-state index in [2.05, 4.69) is 172 Å². The zero-order valence-electron chi connectivity index (χ0n) is 44.7. The predicted octanol–water partition coefficient (Wildman–Crippen LogP) is 19.2. The summed E-state index contributed by atoms with van der Waals surface area (Å²) < 4.78 is 10.7. The van der Waals surface area contributed by atoms with E-state index in [-0.39, 0.29) is 31.6 Å². The van der Waals surface area contributed by atoms with Crippen LogP contribution in [0.1, 0.15) is 219 Å². The number of carbonyl (C=O) groups excluding carboxylic acids is 2. The van der Waals surface area contributed by atoms with E-state index in [0.29, 0.717) is 12.8 Å². The number of ether oxygens (including phenoxy) is 2. The highest BCUT2D eigenvalue weighted by Crippen LogP contribution is 2.15. The molecular weight excluding hydrogens is 861 g/mol. The Morgan fingerprint density at radius 1 is 0.329 bits per heavy atom. The molecule has 0 bridgehead atoms. The Kier molecular flexibility index (Phi) is 55.1. The predicted molar refractivity (Wildman–Crippen MR) is 306 cm³/mol. The van der Waals surface area contributed by atoms with Crippen LogP contribution in [0, 0.1) is 0 Å². The summed E-state index contributed by atoms with van der Waals surface area (Å²) >= 11 is 0. The molecule has 0 heterocycles. The summed E-state index contributed by atoms with van der Waals surface area (Å²) in [6.45, 7) is 3.86. The van der Waals surface area contributed by atoms with Crippen molar-refractivity contribution < 1.29 is 24.2 Å². The van der Waals surface area contributed by atoms with E-state index >= 15 is 0 Å². The quantitative estimate of drug-likeness (QED) is 0.0374. The Morgan fingerprint density at radius 3 is 0.900 bits per heavy atom. The Balaban J connectivity index is 3.65. The lowest BCUT2D eigenvalue weighted by molar-refractivity contribution is -0.161. The first-order valence-electron chi connectivity index (χ1n) is 28.0. The Hall–Kier alpha value is -4.48. The Bertz CT molecular complexity index is 1560. The normalized spacial score (nSPS) is 13.5. The fraction of sp³-hybridized carbons (Fsp3) is 0.569. The molecule has 0 aromatic carbocycles. The molecule has 0 spiro atoms. The minimum absolute atomic E-state index is 0.0995. The lowest BCUT2D eigenvalue weighted by Crippen LogP contribution is -2.28. The van der Waals surface area contributed by atoms with E-state index in [1.165, 1.54) is 77.0 Å². The first kappa shape index (κ1) is 65.5. The lowest BCUT2D eigenvalue weighted by Gasteiger charge is -2.15. The van der Waals surface area contributed by atoms with Gasteiger partial charge in [0, 0.05) is 12.8 Å². The van der Waals surface area contributed by atoms with Crippen molar-refractivity contribution in [1.82, 2.24) is 0 Å². The number of rotatable bonds is 49. The number of hydrogen-bond donors (Lipinski definition) is 1. The summed E-state index contributed by atoms with van der Waals surface area (Å²) in [5.74, 6) is -0.671. The second kappa shape index (κ2) is 58.8. The summed E-state index contributed by atoms with van der Waals surface area (Å²) in [6.07, 6.45) is 90.7. The highest BCUT2D eigenvalue weighted by atomic mass is 16.6. The Morgan fingerprint density at radius 2 is 0.586 bits per heavy atom. The fourth-order valence-electron chi connectivity index (χ4n) is 7.19. The Labute approximate surface area is 430 Å². The number of allylic oxidation sites excluding steroid dienone is 26. The van der Waals surface area contributed by atoms with Gasteiger partial charge in [0.1, 0.15) is 6.61 Å². The van der Waals surface area contributed by atoms with Gasteiger partial charge in [0.2, 0.25) is 0 Å². The number of esters is 2. The second-order valence-electron chi connectivity index (χ2n) is 17.9. The molecule has 0 aliphatic heterocycles. The average Bonchev–Trinajstić information content (AvgIpc) is 3.36. The van der Waals surface area contributed by atoms with Gasteiger partial charge in [-0.3, -0.25) is 9.59 Å². The summed E-state index contributed by atoms with van der Waals surface area (Å²) in [7, 11) is 0. The maximum absolute atomic E-state index is 12.3. The smallest absolute Gasteiger partial charge is 0.306 e. The van der Waals surface area contributed by atoms with Crippen LogP contribution < -0.4 is 0 Å². The molecule has 392 valence electrons. The second-order valence-corrected chi connectivity index (χ2v) is 17.9. The zero-order chi connectivity index (χ0) is 50.6. The molecule has 0 aliphatic carbocycles. The molecule has 0 amide bonds. The topological polar surface area (TPSA) is 72.8 Å². The zero-order valence-corrected chi connectivity index (χ0v) is 44.7. The fourth-order valence-corrected chi connectivity index (χ4v) is 7.19. The van der Waals surface area contributed by atoms with Crippen molar-refractivity contribution in [3.05, 3.63) is 158 Å². The molecule has 1 N–H and O–H groups in total. The van der Waals surface area contributed by atoms with Crippen LogP contribution in [0.2, 0.25) is 0 Å². The van der Waals surface area contributed by atoms with E-state index in [1.807, 2.05) is 0 Å². The van der Waals surface area contributed by atoms with Crippen LogP contribution >= 0.6 is 0 Å². The average molecular weight is 964 g/mol. The van der Waals surface area contributed by atoms with Gasteiger partial charge in [-0.25, -0.2) is 0 Å². The number of unbranched alkanes of at least 4 members (excludes halogenated alkanes) is 15. The third-order valence-corrected chi connectivity index (χ3v) is 11.3. The van der Waals surface area contributed by atoms with Gasteiger partial charge in [0.05, 0.1) is 6.61 Å². The van der Waals surface area contributed by atoms with Crippen LogP contribution in [0.25, 0.3) is 0 Å². The van der Waals surface area contributed by atoms with Crippen LogP contribution in [0.5, 0.6) is 0 Å². The van der Waals surface area contributed by atoms with Gasteiger partial charge < -0.3 is 14.6 Å². The number of aliphatic hydroxyl groups is 1. The third kappa shape index (κ3) is 56.1. The molecule has 0 rings (SSSR count). The number of carbonyl (C=O) groups is 2. The minimum Gasteiger partial charge on any atom is -0.462 e. The molecule has 0 saturated carbocycles. The van der Waals surface area contributed by atoms with Gasteiger partial charge in [0.25, 0.3) is 0 Å². The van der Waals surface area contributed by atoms with Gasteiger partial charge >= 0.3 is 11.9 Å². The molecule has 70 heavy (non-hydrogen) atoms. The van der Waals surface area contributed by atoms with Crippen molar-refractivity contribution in [3.63, 3.8) is 0 Å². The van der Waals surface area contributed by atoms with Gasteiger partial charge in [-0.05, 0) is 116 Å². The van der Waals surface area contributed by atoms with Crippen molar-refractivity contribution >= 4 is 11.9 Å².